The van der Waals surface area contributed by atoms with Crippen LogP contribution in [0, 0.1) is 0 Å². The van der Waals surface area contributed by atoms with E-state index in [1.54, 1.807) is 0 Å². The summed E-state index contributed by atoms with van der Waals surface area (Å²) in [6.07, 6.45) is 2.67. The van der Waals surface area contributed by atoms with Gasteiger partial charge in [0.2, 0.25) is 5.91 Å². The fourth-order valence-electron chi connectivity index (χ4n) is 3.39. The standard InChI is InChI=1S/C23H29ClN2O3.ClH/c1-2-28-22-15-18(16-25-12-6-14-26-13-5-9-23(26)27)10-11-21(22)29-17-19-7-3-4-8-20(19)24;/h3-4,7-8,10-11,15,25H,2,5-6,9,12-14,16-17H2,1H3;1H. The molecule has 5 nitrogen and oxygen atoms in total. The smallest absolute Gasteiger partial charge is 0.222 e. The molecule has 1 N–H and O–H groups in total. The summed E-state index contributed by atoms with van der Waals surface area (Å²) in [5.74, 6) is 1.74. The van der Waals surface area contributed by atoms with Gasteiger partial charge in [0.25, 0.3) is 0 Å². The number of ether oxygens (including phenoxy) is 2. The topological polar surface area (TPSA) is 50.8 Å². The number of nitrogens with zero attached hydrogens (tertiary/aromatic N) is 1. The highest BCUT2D eigenvalue weighted by Gasteiger charge is 2.18. The Hall–Kier alpha value is -1.95. The summed E-state index contributed by atoms with van der Waals surface area (Å²) in [6, 6.07) is 13.7. The fraction of sp³-hybridized carbons (Fsp3) is 0.435. The molecule has 2 aromatic carbocycles. The van der Waals surface area contributed by atoms with Gasteiger partial charge in [-0.25, -0.2) is 0 Å². The third-order valence-corrected chi connectivity index (χ3v) is 5.30. The average Bonchev–Trinajstić information content (AvgIpc) is 3.13. The van der Waals surface area contributed by atoms with Gasteiger partial charge in [0.1, 0.15) is 6.61 Å². The highest BCUT2D eigenvalue weighted by atomic mass is 35.5. The van der Waals surface area contributed by atoms with Crippen molar-refractivity contribution in [1.29, 1.82) is 0 Å². The molecule has 3 rings (SSSR count). The molecule has 0 radical (unpaired) electrons. The second-order valence-corrected chi connectivity index (χ2v) is 7.52. The Morgan fingerprint density at radius 1 is 1.13 bits per heavy atom. The number of likely N-dealkylation sites (tertiary alicyclic amines) is 1. The molecule has 0 spiro atoms. The molecule has 1 amide bonds. The van der Waals surface area contributed by atoms with Crippen LogP contribution < -0.4 is 14.8 Å². The second kappa shape index (κ2) is 12.7. The van der Waals surface area contributed by atoms with Crippen LogP contribution in [0.25, 0.3) is 0 Å². The van der Waals surface area contributed by atoms with Crippen LogP contribution >= 0.6 is 24.0 Å². The van der Waals surface area contributed by atoms with E-state index in [0.29, 0.717) is 36.3 Å². The lowest BCUT2D eigenvalue weighted by Gasteiger charge is -2.16. The lowest BCUT2D eigenvalue weighted by Crippen LogP contribution is -2.28. The van der Waals surface area contributed by atoms with E-state index >= 15 is 0 Å². The van der Waals surface area contributed by atoms with Gasteiger partial charge >= 0.3 is 0 Å². The fourth-order valence-corrected chi connectivity index (χ4v) is 3.58. The number of amides is 1. The minimum absolute atomic E-state index is 0. The minimum atomic E-state index is 0. The number of hydrogen-bond acceptors (Lipinski definition) is 4. The molecule has 7 heteroatoms. The van der Waals surface area contributed by atoms with Crippen molar-refractivity contribution >= 4 is 29.9 Å². The van der Waals surface area contributed by atoms with Gasteiger partial charge < -0.3 is 19.7 Å². The zero-order chi connectivity index (χ0) is 20.5. The first-order chi connectivity index (χ1) is 14.2. The summed E-state index contributed by atoms with van der Waals surface area (Å²) in [6.45, 7) is 6.30. The molecule has 0 aliphatic carbocycles. The maximum atomic E-state index is 11.6. The highest BCUT2D eigenvalue weighted by Crippen LogP contribution is 2.30. The van der Waals surface area contributed by atoms with E-state index in [9.17, 15) is 4.79 Å². The van der Waals surface area contributed by atoms with E-state index in [-0.39, 0.29) is 12.4 Å². The molecule has 0 aromatic heterocycles. The zero-order valence-electron chi connectivity index (χ0n) is 17.4. The molecular weight excluding hydrogens is 423 g/mol. The zero-order valence-corrected chi connectivity index (χ0v) is 18.9. The Balaban J connectivity index is 0.00000320. The molecule has 30 heavy (non-hydrogen) atoms. The Bertz CT molecular complexity index is 817. The molecule has 2 aromatic rings. The molecule has 1 aliphatic heterocycles. The SMILES string of the molecule is CCOc1cc(CNCCCN2CCCC2=O)ccc1OCc1ccccc1Cl.Cl. The van der Waals surface area contributed by atoms with Crippen LogP contribution in [-0.4, -0.2) is 37.0 Å². The van der Waals surface area contributed by atoms with Crippen molar-refractivity contribution in [3.05, 3.63) is 58.6 Å². The first-order valence-corrected chi connectivity index (χ1v) is 10.7. The number of carbonyl (C=O) groups is 1. The Labute approximate surface area is 190 Å². The number of rotatable bonds is 11. The summed E-state index contributed by atoms with van der Waals surface area (Å²) < 4.78 is 11.7. The van der Waals surface area contributed by atoms with Crippen molar-refractivity contribution in [3.63, 3.8) is 0 Å². The van der Waals surface area contributed by atoms with Crippen LogP contribution in [-0.2, 0) is 17.9 Å². The molecule has 0 atom stereocenters. The molecule has 1 aliphatic rings. The number of carbonyl (C=O) groups excluding carboxylic acids is 1. The van der Waals surface area contributed by atoms with Gasteiger partial charge in [0.05, 0.1) is 6.61 Å². The van der Waals surface area contributed by atoms with Gasteiger partial charge in [-0.3, -0.25) is 4.79 Å². The highest BCUT2D eigenvalue weighted by molar-refractivity contribution is 6.31. The van der Waals surface area contributed by atoms with E-state index in [2.05, 4.69) is 5.32 Å². The lowest BCUT2D eigenvalue weighted by atomic mass is 10.2. The number of halogens is 2. The summed E-state index contributed by atoms with van der Waals surface area (Å²) in [7, 11) is 0. The molecular formula is C23H30Cl2N2O3. The van der Waals surface area contributed by atoms with E-state index in [1.165, 1.54) is 0 Å². The summed E-state index contributed by atoms with van der Waals surface area (Å²) in [5.41, 5.74) is 2.08. The van der Waals surface area contributed by atoms with Crippen LogP contribution in [0.4, 0.5) is 0 Å². The average molecular weight is 453 g/mol. The van der Waals surface area contributed by atoms with E-state index in [4.69, 9.17) is 21.1 Å². The van der Waals surface area contributed by atoms with Crippen LogP contribution in [0.15, 0.2) is 42.5 Å². The van der Waals surface area contributed by atoms with E-state index < -0.39 is 0 Å². The monoisotopic (exact) mass is 452 g/mol. The summed E-state index contributed by atoms with van der Waals surface area (Å²) >= 11 is 6.21. The van der Waals surface area contributed by atoms with Crippen molar-refractivity contribution in [2.45, 2.75) is 39.3 Å². The molecule has 1 saturated heterocycles. The van der Waals surface area contributed by atoms with E-state index in [1.807, 2.05) is 54.3 Å². The van der Waals surface area contributed by atoms with E-state index in [0.717, 1.165) is 55.9 Å². The third-order valence-electron chi connectivity index (χ3n) is 4.93. The molecule has 0 bridgehead atoms. The normalized spacial score (nSPS) is 13.3. The second-order valence-electron chi connectivity index (χ2n) is 7.11. The van der Waals surface area contributed by atoms with Gasteiger partial charge in [0, 0.05) is 36.6 Å². The third kappa shape index (κ3) is 7.08. The largest absolute Gasteiger partial charge is 0.490 e. The minimum Gasteiger partial charge on any atom is -0.490 e. The Morgan fingerprint density at radius 3 is 2.70 bits per heavy atom. The predicted molar refractivity (Wildman–Crippen MR) is 123 cm³/mol. The number of benzene rings is 2. The predicted octanol–water partition coefficient (Wildman–Crippen LogP) is 4.84. The molecule has 164 valence electrons. The maximum absolute atomic E-state index is 11.6. The Kier molecular flexibility index (Phi) is 10.3. The van der Waals surface area contributed by atoms with Crippen molar-refractivity contribution in [2.75, 3.05) is 26.2 Å². The van der Waals surface area contributed by atoms with Gasteiger partial charge in [0.15, 0.2) is 11.5 Å². The van der Waals surface area contributed by atoms with Crippen LogP contribution in [0.1, 0.15) is 37.3 Å². The molecule has 0 saturated carbocycles. The quantitative estimate of drug-likeness (QED) is 0.495. The van der Waals surface area contributed by atoms with Gasteiger partial charge in [-0.05, 0) is 50.1 Å². The van der Waals surface area contributed by atoms with Gasteiger partial charge in [-0.15, -0.1) is 12.4 Å². The van der Waals surface area contributed by atoms with Crippen LogP contribution in [0.5, 0.6) is 11.5 Å². The molecule has 1 heterocycles. The van der Waals surface area contributed by atoms with Gasteiger partial charge in [-0.1, -0.05) is 35.9 Å². The first kappa shape index (κ1) is 24.3. The molecule has 1 fully saturated rings. The maximum Gasteiger partial charge on any atom is 0.222 e. The number of nitrogens with one attached hydrogen (secondary N) is 1. The van der Waals surface area contributed by atoms with Crippen molar-refractivity contribution in [2.24, 2.45) is 0 Å². The van der Waals surface area contributed by atoms with Crippen LogP contribution in [0.2, 0.25) is 5.02 Å². The van der Waals surface area contributed by atoms with Crippen molar-refractivity contribution in [3.8, 4) is 11.5 Å². The van der Waals surface area contributed by atoms with Crippen molar-refractivity contribution < 1.29 is 14.3 Å². The summed E-state index contributed by atoms with van der Waals surface area (Å²) in [4.78, 5) is 13.6. The van der Waals surface area contributed by atoms with Crippen LogP contribution in [0.3, 0.4) is 0 Å². The van der Waals surface area contributed by atoms with Crippen molar-refractivity contribution in [1.82, 2.24) is 10.2 Å². The van der Waals surface area contributed by atoms with Gasteiger partial charge in [-0.2, -0.15) is 0 Å². The number of hydrogen-bond donors (Lipinski definition) is 1. The molecule has 0 unspecified atom stereocenters. The lowest BCUT2D eigenvalue weighted by molar-refractivity contribution is -0.127. The Morgan fingerprint density at radius 2 is 1.97 bits per heavy atom. The summed E-state index contributed by atoms with van der Waals surface area (Å²) in [5, 5.41) is 4.14. The first-order valence-electron chi connectivity index (χ1n) is 10.3.